The Bertz CT molecular complexity index is 340. The Labute approximate surface area is 94.0 Å². The summed E-state index contributed by atoms with van der Waals surface area (Å²) in [5, 5.41) is 1.36. The van der Waals surface area contributed by atoms with Gasteiger partial charge in [-0.1, -0.05) is 37.1 Å². The summed E-state index contributed by atoms with van der Waals surface area (Å²) in [7, 11) is 0. The summed E-state index contributed by atoms with van der Waals surface area (Å²) in [4.78, 5) is 1.19. The fraction of sp³-hybridized carbons (Fsp3) is 0.455. The molecule has 1 heterocycles. The Hall–Kier alpha value is -0.180. The summed E-state index contributed by atoms with van der Waals surface area (Å²) in [5.41, 5.74) is 7.39. The first-order valence-corrected chi connectivity index (χ1v) is 6.20. The number of halogens is 1. The van der Waals surface area contributed by atoms with Crippen molar-refractivity contribution < 1.29 is 0 Å². The van der Waals surface area contributed by atoms with Crippen LogP contribution in [0.25, 0.3) is 0 Å². The highest BCUT2D eigenvalue weighted by atomic mass is 35.5. The van der Waals surface area contributed by atoms with Gasteiger partial charge < -0.3 is 5.73 Å². The Kier molecular flexibility index (Phi) is 3.05. The summed E-state index contributed by atoms with van der Waals surface area (Å²) in [5.74, 6) is 0. The van der Waals surface area contributed by atoms with E-state index < -0.39 is 0 Å². The monoisotopic (exact) mass is 227 g/mol. The first-order valence-electron chi connectivity index (χ1n) is 4.94. The number of hydrogen-bond acceptors (Lipinski definition) is 2. The third-order valence-electron chi connectivity index (χ3n) is 2.60. The van der Waals surface area contributed by atoms with Gasteiger partial charge in [-0.25, -0.2) is 0 Å². The molecule has 0 radical (unpaired) electrons. The van der Waals surface area contributed by atoms with E-state index in [1.807, 2.05) is 23.9 Å². The van der Waals surface area contributed by atoms with Crippen LogP contribution < -0.4 is 5.73 Å². The smallest absolute Gasteiger partial charge is 0.0545 e. The molecular weight excluding hydrogens is 214 g/mol. The van der Waals surface area contributed by atoms with Crippen molar-refractivity contribution in [2.75, 3.05) is 0 Å². The molecule has 2 unspecified atom stereocenters. The number of thioether (sulfide) groups is 1. The first kappa shape index (κ1) is 10.3. The van der Waals surface area contributed by atoms with Gasteiger partial charge >= 0.3 is 0 Å². The number of nitrogens with two attached hydrogens (primary N) is 1. The molecule has 0 spiro atoms. The van der Waals surface area contributed by atoms with E-state index >= 15 is 0 Å². The largest absolute Gasteiger partial charge is 0.323 e. The molecule has 1 aliphatic heterocycles. The Morgan fingerprint density at radius 2 is 2.29 bits per heavy atom. The molecule has 0 amide bonds. The van der Waals surface area contributed by atoms with Crippen molar-refractivity contribution >= 4 is 23.4 Å². The van der Waals surface area contributed by atoms with Crippen LogP contribution in [0.3, 0.4) is 0 Å². The van der Waals surface area contributed by atoms with Gasteiger partial charge in [-0.15, -0.1) is 11.8 Å². The molecule has 1 nitrogen and oxygen atoms in total. The average molecular weight is 228 g/mol. The molecule has 0 fully saturated rings. The standard InChI is InChI=1S/C11H14ClNS/c1-2-4-9-10(13)7-5-3-6-8(12)11(7)14-9/h3,5-6,9-10H,2,4,13H2,1H3. The normalized spacial score (nSPS) is 25.1. The zero-order valence-corrected chi connectivity index (χ0v) is 9.74. The van der Waals surface area contributed by atoms with Crippen LogP contribution in [0.4, 0.5) is 0 Å². The molecule has 14 heavy (non-hydrogen) atoms. The van der Waals surface area contributed by atoms with E-state index in [1.165, 1.54) is 16.9 Å². The summed E-state index contributed by atoms with van der Waals surface area (Å²) >= 11 is 7.96. The molecule has 3 heteroatoms. The van der Waals surface area contributed by atoms with Gasteiger partial charge in [0.2, 0.25) is 0 Å². The van der Waals surface area contributed by atoms with E-state index in [0.29, 0.717) is 5.25 Å². The molecule has 0 saturated heterocycles. The second-order valence-electron chi connectivity index (χ2n) is 3.63. The van der Waals surface area contributed by atoms with Crippen molar-refractivity contribution in [3.63, 3.8) is 0 Å². The lowest BCUT2D eigenvalue weighted by Gasteiger charge is -2.13. The average Bonchev–Trinajstić information content (AvgIpc) is 2.48. The predicted molar refractivity (Wildman–Crippen MR) is 62.9 cm³/mol. The molecule has 76 valence electrons. The number of fused-ring (bicyclic) bond motifs is 1. The molecule has 1 aliphatic rings. The van der Waals surface area contributed by atoms with Gasteiger partial charge in [-0.2, -0.15) is 0 Å². The number of rotatable bonds is 2. The van der Waals surface area contributed by atoms with Crippen molar-refractivity contribution in [2.45, 2.75) is 36.0 Å². The second-order valence-corrected chi connectivity index (χ2v) is 5.29. The van der Waals surface area contributed by atoms with Gasteiger partial charge in [0.25, 0.3) is 0 Å². The lowest BCUT2D eigenvalue weighted by Crippen LogP contribution is -2.18. The van der Waals surface area contributed by atoms with E-state index in [2.05, 4.69) is 13.0 Å². The molecular formula is C11H14ClNS. The summed E-state index contributed by atoms with van der Waals surface area (Å²) in [6.07, 6.45) is 2.34. The highest BCUT2D eigenvalue weighted by Crippen LogP contribution is 2.47. The Morgan fingerprint density at radius 3 is 2.93 bits per heavy atom. The van der Waals surface area contributed by atoms with Crippen LogP contribution in [0.1, 0.15) is 31.4 Å². The van der Waals surface area contributed by atoms with E-state index in [1.54, 1.807) is 0 Å². The van der Waals surface area contributed by atoms with Crippen LogP contribution in [0.5, 0.6) is 0 Å². The molecule has 1 aromatic rings. The van der Waals surface area contributed by atoms with Crippen molar-refractivity contribution in [2.24, 2.45) is 5.73 Å². The van der Waals surface area contributed by atoms with Crippen LogP contribution in [0.15, 0.2) is 23.1 Å². The molecule has 0 aromatic heterocycles. The molecule has 2 rings (SSSR count). The topological polar surface area (TPSA) is 26.0 Å². The third-order valence-corrected chi connectivity index (χ3v) is 4.55. The second kappa shape index (κ2) is 4.13. The van der Waals surface area contributed by atoms with Crippen LogP contribution in [-0.2, 0) is 0 Å². The van der Waals surface area contributed by atoms with Crippen LogP contribution in [-0.4, -0.2) is 5.25 Å². The third kappa shape index (κ3) is 1.67. The Balaban J connectivity index is 2.30. The van der Waals surface area contributed by atoms with Crippen LogP contribution in [0.2, 0.25) is 5.02 Å². The quantitative estimate of drug-likeness (QED) is 0.835. The van der Waals surface area contributed by atoms with Crippen molar-refractivity contribution in [3.8, 4) is 0 Å². The fourth-order valence-electron chi connectivity index (χ4n) is 1.86. The fourth-order valence-corrected chi connectivity index (χ4v) is 3.65. The Morgan fingerprint density at radius 1 is 1.50 bits per heavy atom. The maximum Gasteiger partial charge on any atom is 0.0545 e. The van der Waals surface area contributed by atoms with Crippen LogP contribution in [0, 0.1) is 0 Å². The lowest BCUT2D eigenvalue weighted by molar-refractivity contribution is 0.630. The highest BCUT2D eigenvalue weighted by molar-refractivity contribution is 8.00. The minimum Gasteiger partial charge on any atom is -0.323 e. The molecule has 2 atom stereocenters. The minimum absolute atomic E-state index is 0.161. The summed E-state index contributed by atoms with van der Waals surface area (Å²) < 4.78 is 0. The van der Waals surface area contributed by atoms with Crippen molar-refractivity contribution in [1.29, 1.82) is 0 Å². The maximum absolute atomic E-state index is 6.17. The van der Waals surface area contributed by atoms with Gasteiger partial charge in [-0.05, 0) is 18.1 Å². The van der Waals surface area contributed by atoms with Crippen molar-refractivity contribution in [3.05, 3.63) is 28.8 Å². The lowest BCUT2D eigenvalue weighted by atomic mass is 10.0. The van der Waals surface area contributed by atoms with Gasteiger partial charge in [0, 0.05) is 16.2 Å². The molecule has 2 N–H and O–H groups in total. The predicted octanol–water partition coefficient (Wildman–Crippen LogP) is 3.61. The van der Waals surface area contributed by atoms with Gasteiger partial charge in [0.1, 0.15) is 0 Å². The van der Waals surface area contributed by atoms with E-state index in [-0.39, 0.29) is 6.04 Å². The van der Waals surface area contributed by atoms with Crippen LogP contribution >= 0.6 is 23.4 Å². The van der Waals surface area contributed by atoms with E-state index in [9.17, 15) is 0 Å². The molecule has 0 saturated carbocycles. The summed E-state index contributed by atoms with van der Waals surface area (Å²) in [6.45, 7) is 2.19. The van der Waals surface area contributed by atoms with Gasteiger partial charge in [-0.3, -0.25) is 0 Å². The summed E-state index contributed by atoms with van der Waals surface area (Å²) in [6, 6.07) is 6.17. The minimum atomic E-state index is 0.161. The maximum atomic E-state index is 6.17. The zero-order chi connectivity index (χ0) is 10.1. The highest BCUT2D eigenvalue weighted by Gasteiger charge is 2.30. The zero-order valence-electron chi connectivity index (χ0n) is 8.16. The molecule has 0 bridgehead atoms. The molecule has 0 aliphatic carbocycles. The SMILES string of the molecule is CCCC1Sc2c(Cl)cccc2C1N. The first-order chi connectivity index (χ1) is 6.74. The molecule has 1 aromatic carbocycles. The van der Waals surface area contributed by atoms with E-state index in [0.717, 1.165) is 11.4 Å². The number of hydrogen-bond donors (Lipinski definition) is 1. The van der Waals surface area contributed by atoms with Gasteiger partial charge in [0.05, 0.1) is 5.02 Å². The van der Waals surface area contributed by atoms with Gasteiger partial charge in [0.15, 0.2) is 0 Å². The van der Waals surface area contributed by atoms with Crippen molar-refractivity contribution in [1.82, 2.24) is 0 Å². The number of benzene rings is 1. The van der Waals surface area contributed by atoms with E-state index in [4.69, 9.17) is 17.3 Å².